The second kappa shape index (κ2) is 4.83. The van der Waals surface area contributed by atoms with Crippen LogP contribution < -0.4 is 5.73 Å². The third kappa shape index (κ3) is 2.61. The van der Waals surface area contributed by atoms with Gasteiger partial charge in [-0.05, 0) is 6.07 Å². The van der Waals surface area contributed by atoms with E-state index in [2.05, 4.69) is 4.74 Å². The third-order valence-corrected chi connectivity index (χ3v) is 2.02. The molecule has 1 aromatic carbocycles. The number of carbonyl (C=O) groups is 1. The molecule has 4 nitrogen and oxygen atoms in total. The lowest BCUT2D eigenvalue weighted by Gasteiger charge is -2.15. The van der Waals surface area contributed by atoms with E-state index in [0.717, 1.165) is 0 Å². The van der Waals surface area contributed by atoms with Gasteiger partial charge in [0.15, 0.2) is 6.10 Å². The van der Waals surface area contributed by atoms with Crippen LogP contribution in [0.25, 0.3) is 0 Å². The fourth-order valence-electron chi connectivity index (χ4n) is 1.08. The van der Waals surface area contributed by atoms with Gasteiger partial charge in [-0.1, -0.05) is 29.8 Å². The van der Waals surface area contributed by atoms with Crippen molar-refractivity contribution in [2.24, 2.45) is 5.73 Å². The van der Waals surface area contributed by atoms with Crippen LogP contribution in [0.4, 0.5) is 4.79 Å². The standard InChI is InChI=1S/C9H10ClNO3/c10-7-4-2-1-3-6(7)8(5-12)14-9(11)13/h1-4,8,12H,5H2,(H2,11,13)/t8-/m1/s1. The maximum Gasteiger partial charge on any atom is 0.405 e. The number of carbonyl (C=O) groups excluding carboxylic acids is 1. The topological polar surface area (TPSA) is 72.6 Å². The highest BCUT2D eigenvalue weighted by Gasteiger charge is 2.16. The molecule has 1 atom stereocenters. The van der Waals surface area contributed by atoms with E-state index in [9.17, 15) is 4.79 Å². The Morgan fingerprint density at radius 3 is 2.71 bits per heavy atom. The van der Waals surface area contributed by atoms with Crippen LogP contribution in [-0.2, 0) is 4.74 Å². The molecule has 3 N–H and O–H groups in total. The van der Waals surface area contributed by atoms with Gasteiger partial charge in [-0.2, -0.15) is 0 Å². The predicted molar refractivity (Wildman–Crippen MR) is 51.9 cm³/mol. The van der Waals surface area contributed by atoms with Crippen molar-refractivity contribution in [3.63, 3.8) is 0 Å². The molecule has 1 aromatic rings. The lowest BCUT2D eigenvalue weighted by molar-refractivity contribution is 0.0633. The summed E-state index contributed by atoms with van der Waals surface area (Å²) in [5, 5.41) is 9.39. The summed E-state index contributed by atoms with van der Waals surface area (Å²) in [7, 11) is 0. The number of primary amides is 1. The van der Waals surface area contributed by atoms with Crippen LogP contribution in [0.3, 0.4) is 0 Å². The maximum absolute atomic E-state index is 10.5. The van der Waals surface area contributed by atoms with E-state index in [-0.39, 0.29) is 6.61 Å². The van der Waals surface area contributed by atoms with Crippen molar-refractivity contribution in [3.05, 3.63) is 34.9 Å². The molecule has 0 bridgehead atoms. The quantitative estimate of drug-likeness (QED) is 0.802. The first-order chi connectivity index (χ1) is 6.65. The molecule has 1 amide bonds. The Labute approximate surface area is 86.2 Å². The number of nitrogens with two attached hydrogens (primary N) is 1. The average Bonchev–Trinajstić information content (AvgIpc) is 2.15. The molecular formula is C9H10ClNO3. The van der Waals surface area contributed by atoms with E-state index in [1.807, 2.05) is 0 Å². The lowest BCUT2D eigenvalue weighted by atomic mass is 10.1. The summed E-state index contributed by atoms with van der Waals surface area (Å²) in [5.74, 6) is 0. The molecule has 0 saturated heterocycles. The van der Waals surface area contributed by atoms with Crippen LogP contribution >= 0.6 is 11.6 Å². The zero-order valence-electron chi connectivity index (χ0n) is 7.31. The Bertz CT molecular complexity index is 330. The molecule has 14 heavy (non-hydrogen) atoms. The van der Waals surface area contributed by atoms with Gasteiger partial charge >= 0.3 is 6.09 Å². The Morgan fingerprint density at radius 2 is 2.21 bits per heavy atom. The summed E-state index contributed by atoms with van der Waals surface area (Å²) in [4.78, 5) is 10.5. The molecule has 0 saturated carbocycles. The van der Waals surface area contributed by atoms with E-state index in [0.29, 0.717) is 10.6 Å². The Morgan fingerprint density at radius 1 is 1.57 bits per heavy atom. The normalized spacial score (nSPS) is 12.1. The summed E-state index contributed by atoms with van der Waals surface area (Å²) in [6, 6.07) is 6.77. The van der Waals surface area contributed by atoms with Gasteiger partial charge in [0.25, 0.3) is 0 Å². The first-order valence-corrected chi connectivity index (χ1v) is 4.34. The highest BCUT2D eigenvalue weighted by atomic mass is 35.5. The second-order valence-corrected chi connectivity index (χ2v) is 3.04. The Hall–Kier alpha value is -1.26. The van der Waals surface area contributed by atoms with Gasteiger partial charge in [0.2, 0.25) is 0 Å². The molecule has 76 valence electrons. The monoisotopic (exact) mass is 215 g/mol. The summed E-state index contributed by atoms with van der Waals surface area (Å²) in [5.41, 5.74) is 5.38. The van der Waals surface area contributed by atoms with Gasteiger partial charge in [-0.15, -0.1) is 0 Å². The molecule has 5 heteroatoms. The van der Waals surface area contributed by atoms with Crippen molar-refractivity contribution in [1.82, 2.24) is 0 Å². The van der Waals surface area contributed by atoms with Crippen molar-refractivity contribution in [3.8, 4) is 0 Å². The Balaban J connectivity index is 2.89. The van der Waals surface area contributed by atoms with Gasteiger partial charge in [0, 0.05) is 10.6 Å². The molecule has 0 aliphatic carbocycles. The number of hydrogen-bond donors (Lipinski definition) is 2. The predicted octanol–water partition coefficient (Wildman–Crippen LogP) is 1.47. The van der Waals surface area contributed by atoms with Crippen LogP contribution in [-0.4, -0.2) is 17.8 Å². The van der Waals surface area contributed by atoms with Crippen molar-refractivity contribution < 1.29 is 14.6 Å². The molecule has 0 aromatic heterocycles. The maximum atomic E-state index is 10.5. The minimum atomic E-state index is -0.941. The summed E-state index contributed by atoms with van der Waals surface area (Å²) < 4.78 is 4.67. The fraction of sp³-hybridized carbons (Fsp3) is 0.222. The van der Waals surface area contributed by atoms with Gasteiger partial charge in [0.1, 0.15) is 0 Å². The number of benzene rings is 1. The van der Waals surface area contributed by atoms with Crippen LogP contribution in [0, 0.1) is 0 Å². The molecule has 0 aliphatic heterocycles. The van der Waals surface area contributed by atoms with Gasteiger partial charge in [-0.3, -0.25) is 0 Å². The SMILES string of the molecule is NC(=O)O[C@H](CO)c1ccccc1Cl. The largest absolute Gasteiger partial charge is 0.439 e. The highest BCUT2D eigenvalue weighted by Crippen LogP contribution is 2.24. The number of aliphatic hydroxyl groups excluding tert-OH is 1. The zero-order chi connectivity index (χ0) is 10.6. The van der Waals surface area contributed by atoms with Gasteiger partial charge < -0.3 is 15.6 Å². The van der Waals surface area contributed by atoms with Crippen molar-refractivity contribution in [1.29, 1.82) is 0 Å². The molecule has 1 rings (SSSR count). The molecule has 0 radical (unpaired) electrons. The number of halogens is 1. The van der Waals surface area contributed by atoms with E-state index in [1.165, 1.54) is 0 Å². The van der Waals surface area contributed by atoms with Crippen molar-refractivity contribution >= 4 is 17.7 Å². The lowest BCUT2D eigenvalue weighted by Crippen LogP contribution is -2.19. The minimum absolute atomic E-state index is 0.354. The second-order valence-electron chi connectivity index (χ2n) is 2.63. The third-order valence-electron chi connectivity index (χ3n) is 1.68. The number of rotatable bonds is 3. The number of aliphatic hydroxyl groups is 1. The van der Waals surface area contributed by atoms with Crippen molar-refractivity contribution in [2.75, 3.05) is 6.61 Å². The molecule has 0 unspecified atom stereocenters. The zero-order valence-corrected chi connectivity index (χ0v) is 8.07. The van der Waals surface area contributed by atoms with E-state index in [4.69, 9.17) is 22.4 Å². The average molecular weight is 216 g/mol. The highest BCUT2D eigenvalue weighted by molar-refractivity contribution is 6.31. The smallest absolute Gasteiger partial charge is 0.405 e. The fourth-order valence-corrected chi connectivity index (χ4v) is 1.33. The van der Waals surface area contributed by atoms with Crippen LogP contribution in [0.5, 0.6) is 0 Å². The van der Waals surface area contributed by atoms with Crippen molar-refractivity contribution in [2.45, 2.75) is 6.10 Å². The Kier molecular flexibility index (Phi) is 3.73. The van der Waals surface area contributed by atoms with Crippen LogP contribution in [0.15, 0.2) is 24.3 Å². The first kappa shape index (κ1) is 10.8. The molecule has 0 aliphatic rings. The molecule has 0 heterocycles. The number of amides is 1. The summed E-state index contributed by atoms with van der Waals surface area (Å²) >= 11 is 5.84. The van der Waals surface area contributed by atoms with Gasteiger partial charge in [0.05, 0.1) is 6.61 Å². The molecular weight excluding hydrogens is 206 g/mol. The first-order valence-electron chi connectivity index (χ1n) is 3.96. The van der Waals surface area contributed by atoms with E-state index in [1.54, 1.807) is 24.3 Å². The summed E-state index contributed by atoms with van der Waals surface area (Å²) in [6.07, 6.45) is -1.75. The minimum Gasteiger partial charge on any atom is -0.439 e. The number of hydrogen-bond acceptors (Lipinski definition) is 3. The van der Waals surface area contributed by atoms with Crippen LogP contribution in [0.1, 0.15) is 11.7 Å². The molecule has 0 spiro atoms. The number of ether oxygens (including phenoxy) is 1. The summed E-state index contributed by atoms with van der Waals surface area (Å²) in [6.45, 7) is -0.354. The van der Waals surface area contributed by atoms with E-state index >= 15 is 0 Å². The molecule has 0 fully saturated rings. The van der Waals surface area contributed by atoms with Gasteiger partial charge in [-0.25, -0.2) is 4.79 Å². The van der Waals surface area contributed by atoms with Crippen LogP contribution in [0.2, 0.25) is 5.02 Å². The van der Waals surface area contributed by atoms with E-state index < -0.39 is 12.2 Å².